The Labute approximate surface area is 117 Å². The topological polar surface area (TPSA) is 49.8 Å². The number of hydrazone groups is 1. The Hall–Kier alpha value is -2.56. The van der Waals surface area contributed by atoms with Gasteiger partial charge < -0.3 is 10.1 Å². The van der Waals surface area contributed by atoms with Crippen LogP contribution in [0.25, 0.3) is 0 Å². The van der Waals surface area contributed by atoms with Gasteiger partial charge in [0.2, 0.25) is 0 Å². The van der Waals surface area contributed by atoms with Crippen LogP contribution in [0.2, 0.25) is 0 Å². The molecule has 3 rings (SSSR count). The average Bonchev–Trinajstić information content (AvgIpc) is 2.97. The fourth-order valence-electron chi connectivity index (χ4n) is 2.08. The Bertz CT molecular complexity index is 595. The summed E-state index contributed by atoms with van der Waals surface area (Å²) in [6.45, 7) is 0.865. The molecular formula is C15H16N4O. The zero-order valence-corrected chi connectivity index (χ0v) is 11.3. The van der Waals surface area contributed by atoms with Crippen LogP contribution in [0.4, 0.5) is 11.4 Å². The molecule has 0 radical (unpaired) electrons. The van der Waals surface area contributed by atoms with Crippen LogP contribution in [0.3, 0.4) is 0 Å². The maximum absolute atomic E-state index is 5.14. The number of benzene rings is 1. The number of nitrogens with one attached hydrogen (secondary N) is 1. The van der Waals surface area contributed by atoms with E-state index < -0.39 is 0 Å². The quantitative estimate of drug-likeness (QED) is 0.930. The lowest BCUT2D eigenvalue weighted by atomic mass is 10.3. The first kappa shape index (κ1) is 12.5. The molecule has 1 N–H and O–H groups in total. The minimum atomic E-state index is 0.848. The van der Waals surface area contributed by atoms with Crippen LogP contribution in [0.15, 0.2) is 53.9 Å². The fraction of sp³-hybridized carbons (Fsp3) is 0.200. The van der Waals surface area contributed by atoms with Gasteiger partial charge in [-0.2, -0.15) is 5.10 Å². The summed E-state index contributed by atoms with van der Waals surface area (Å²) in [6, 6.07) is 11.7. The molecule has 5 heteroatoms. The number of nitrogens with zero attached hydrogens (tertiary/aromatic N) is 3. The van der Waals surface area contributed by atoms with Crippen molar-refractivity contribution in [2.75, 3.05) is 24.0 Å². The lowest BCUT2D eigenvalue weighted by Crippen LogP contribution is -2.11. The monoisotopic (exact) mass is 268 g/mol. The van der Waals surface area contributed by atoms with E-state index >= 15 is 0 Å². The number of anilines is 2. The van der Waals surface area contributed by atoms with Gasteiger partial charge in [-0.05, 0) is 36.4 Å². The third-order valence-electron chi connectivity index (χ3n) is 3.12. The van der Waals surface area contributed by atoms with Gasteiger partial charge in [0.25, 0.3) is 0 Å². The molecule has 0 atom stereocenters. The highest BCUT2D eigenvalue weighted by atomic mass is 16.5. The summed E-state index contributed by atoms with van der Waals surface area (Å²) in [6.07, 6.45) is 4.47. The Morgan fingerprint density at radius 1 is 1.20 bits per heavy atom. The second kappa shape index (κ2) is 5.61. The molecule has 0 saturated heterocycles. The molecule has 102 valence electrons. The van der Waals surface area contributed by atoms with Gasteiger partial charge in [0, 0.05) is 24.8 Å². The zero-order chi connectivity index (χ0) is 13.8. The molecule has 0 spiro atoms. The molecule has 0 unspecified atom stereocenters. The van der Waals surface area contributed by atoms with Crippen molar-refractivity contribution < 1.29 is 4.74 Å². The summed E-state index contributed by atoms with van der Waals surface area (Å²) < 4.78 is 5.14. The Kier molecular flexibility index (Phi) is 3.50. The lowest BCUT2D eigenvalue weighted by Gasteiger charge is -2.11. The molecule has 1 aromatic heterocycles. The molecule has 0 saturated carbocycles. The summed E-state index contributed by atoms with van der Waals surface area (Å²) in [5.74, 6) is 1.81. The molecule has 1 aromatic carbocycles. The molecule has 2 heterocycles. The van der Waals surface area contributed by atoms with Crippen molar-refractivity contribution in [2.24, 2.45) is 5.10 Å². The molecule has 0 fully saturated rings. The highest BCUT2D eigenvalue weighted by Gasteiger charge is 2.15. The van der Waals surface area contributed by atoms with E-state index in [9.17, 15) is 0 Å². The SMILES string of the molecule is COc1ccc(NC2=NN(c3cccnc3)CC2)cc1. The van der Waals surface area contributed by atoms with Crippen LogP contribution in [0, 0.1) is 0 Å². The predicted octanol–water partition coefficient (Wildman–Crippen LogP) is 2.73. The summed E-state index contributed by atoms with van der Waals surface area (Å²) >= 11 is 0. The molecule has 0 bridgehead atoms. The number of rotatable bonds is 3. The van der Waals surface area contributed by atoms with Gasteiger partial charge in [0.1, 0.15) is 11.6 Å². The Balaban J connectivity index is 1.69. The number of aromatic nitrogens is 1. The van der Waals surface area contributed by atoms with E-state index in [2.05, 4.69) is 15.4 Å². The third-order valence-corrected chi connectivity index (χ3v) is 3.12. The van der Waals surface area contributed by atoms with Gasteiger partial charge in [-0.15, -0.1) is 0 Å². The highest BCUT2D eigenvalue weighted by Crippen LogP contribution is 2.20. The van der Waals surface area contributed by atoms with E-state index in [0.717, 1.165) is 35.9 Å². The number of pyridine rings is 1. The molecular weight excluding hydrogens is 252 g/mol. The van der Waals surface area contributed by atoms with Crippen LogP contribution >= 0.6 is 0 Å². The minimum absolute atomic E-state index is 0.848. The lowest BCUT2D eigenvalue weighted by molar-refractivity contribution is 0.415. The molecule has 0 aliphatic carbocycles. The second-order valence-electron chi connectivity index (χ2n) is 4.48. The standard InChI is InChI=1S/C15H16N4O/c1-20-14-6-4-12(5-7-14)17-15-8-10-19(18-15)13-3-2-9-16-11-13/h2-7,9,11H,8,10H2,1H3,(H,17,18). The van der Waals surface area contributed by atoms with Crippen molar-refractivity contribution in [3.05, 3.63) is 48.8 Å². The number of hydrogen-bond acceptors (Lipinski definition) is 5. The van der Waals surface area contributed by atoms with Crippen molar-refractivity contribution in [2.45, 2.75) is 6.42 Å². The maximum Gasteiger partial charge on any atom is 0.129 e. The summed E-state index contributed by atoms with van der Waals surface area (Å²) in [5.41, 5.74) is 2.02. The van der Waals surface area contributed by atoms with Crippen molar-refractivity contribution in [1.29, 1.82) is 0 Å². The van der Waals surface area contributed by atoms with E-state index in [1.54, 1.807) is 13.3 Å². The Morgan fingerprint density at radius 3 is 2.75 bits per heavy atom. The largest absolute Gasteiger partial charge is 0.497 e. The van der Waals surface area contributed by atoms with Gasteiger partial charge in [-0.3, -0.25) is 9.99 Å². The van der Waals surface area contributed by atoms with E-state index in [1.807, 2.05) is 47.6 Å². The third kappa shape index (κ3) is 2.71. The predicted molar refractivity (Wildman–Crippen MR) is 80.3 cm³/mol. The zero-order valence-electron chi connectivity index (χ0n) is 11.3. The average molecular weight is 268 g/mol. The highest BCUT2D eigenvalue weighted by molar-refractivity contribution is 5.97. The van der Waals surface area contributed by atoms with E-state index in [4.69, 9.17) is 4.74 Å². The molecule has 20 heavy (non-hydrogen) atoms. The molecule has 1 aliphatic heterocycles. The Morgan fingerprint density at radius 2 is 2.05 bits per heavy atom. The van der Waals surface area contributed by atoms with Gasteiger partial charge in [0.15, 0.2) is 0 Å². The first-order valence-corrected chi connectivity index (χ1v) is 6.51. The fourth-order valence-corrected chi connectivity index (χ4v) is 2.08. The van der Waals surface area contributed by atoms with Crippen LogP contribution in [0.1, 0.15) is 6.42 Å². The van der Waals surface area contributed by atoms with Crippen molar-refractivity contribution in [3.63, 3.8) is 0 Å². The maximum atomic E-state index is 5.14. The van der Waals surface area contributed by atoms with E-state index in [0.29, 0.717) is 0 Å². The van der Waals surface area contributed by atoms with E-state index in [1.165, 1.54) is 0 Å². The summed E-state index contributed by atoms with van der Waals surface area (Å²) in [5, 5.41) is 9.85. The number of hydrogen-bond donors (Lipinski definition) is 1. The molecule has 5 nitrogen and oxygen atoms in total. The minimum Gasteiger partial charge on any atom is -0.497 e. The van der Waals surface area contributed by atoms with Gasteiger partial charge in [-0.1, -0.05) is 0 Å². The summed E-state index contributed by atoms with van der Waals surface area (Å²) in [7, 11) is 1.66. The van der Waals surface area contributed by atoms with Gasteiger partial charge >= 0.3 is 0 Å². The number of methoxy groups -OCH3 is 1. The van der Waals surface area contributed by atoms with Crippen LogP contribution in [0.5, 0.6) is 5.75 Å². The van der Waals surface area contributed by atoms with E-state index in [-0.39, 0.29) is 0 Å². The molecule has 0 amide bonds. The number of amidine groups is 1. The first-order valence-electron chi connectivity index (χ1n) is 6.51. The van der Waals surface area contributed by atoms with Crippen molar-refractivity contribution in [3.8, 4) is 5.75 Å². The van der Waals surface area contributed by atoms with Gasteiger partial charge in [0.05, 0.1) is 19.0 Å². The van der Waals surface area contributed by atoms with Crippen LogP contribution < -0.4 is 15.1 Å². The molecule has 2 aromatic rings. The number of ether oxygens (including phenoxy) is 1. The van der Waals surface area contributed by atoms with Gasteiger partial charge in [-0.25, -0.2) is 0 Å². The smallest absolute Gasteiger partial charge is 0.129 e. The van der Waals surface area contributed by atoms with Crippen LogP contribution in [-0.4, -0.2) is 24.5 Å². The summed E-state index contributed by atoms with van der Waals surface area (Å²) in [4.78, 5) is 4.11. The van der Waals surface area contributed by atoms with Crippen LogP contribution in [-0.2, 0) is 0 Å². The normalized spacial score (nSPS) is 14.1. The molecule has 1 aliphatic rings. The first-order chi connectivity index (χ1) is 9.85. The second-order valence-corrected chi connectivity index (χ2v) is 4.48. The van der Waals surface area contributed by atoms with Crippen molar-refractivity contribution >= 4 is 17.2 Å². The van der Waals surface area contributed by atoms with Crippen molar-refractivity contribution in [1.82, 2.24) is 4.98 Å².